The molecule has 0 bridgehead atoms. The first-order valence-electron chi connectivity index (χ1n) is 2.65. The molecule has 2 nitrogen and oxygen atoms in total. The van der Waals surface area contributed by atoms with E-state index in [1.165, 1.54) is 0 Å². The minimum absolute atomic E-state index is 0.0903. The van der Waals surface area contributed by atoms with E-state index in [1.807, 2.05) is 0 Å². The number of rotatable bonds is 3. The summed E-state index contributed by atoms with van der Waals surface area (Å²) in [5, 5.41) is 16.9. The van der Waals surface area contributed by atoms with Crippen LogP contribution < -0.4 is 0 Å². The standard InChI is InChI=1S/C6H12O2/c1-3-4-5(2)6(7)8/h3,5-8H,1,4H2,2H3. The van der Waals surface area contributed by atoms with Gasteiger partial charge < -0.3 is 10.2 Å². The van der Waals surface area contributed by atoms with Crippen LogP contribution >= 0.6 is 0 Å². The number of hydrogen-bond acceptors (Lipinski definition) is 2. The van der Waals surface area contributed by atoms with Crippen molar-refractivity contribution >= 4 is 0 Å². The molecule has 48 valence electrons. The number of allylic oxidation sites excluding steroid dienone is 1. The Hall–Kier alpha value is -0.340. The van der Waals surface area contributed by atoms with Crippen LogP contribution in [0.15, 0.2) is 12.7 Å². The molecule has 0 aromatic rings. The van der Waals surface area contributed by atoms with Crippen molar-refractivity contribution in [3.63, 3.8) is 0 Å². The molecule has 0 radical (unpaired) electrons. The molecule has 0 rings (SSSR count). The second-order valence-corrected chi connectivity index (χ2v) is 1.92. The summed E-state index contributed by atoms with van der Waals surface area (Å²) in [5.41, 5.74) is 0. The highest BCUT2D eigenvalue weighted by atomic mass is 16.5. The van der Waals surface area contributed by atoms with E-state index in [1.54, 1.807) is 13.0 Å². The van der Waals surface area contributed by atoms with Gasteiger partial charge in [-0.25, -0.2) is 0 Å². The lowest BCUT2D eigenvalue weighted by Gasteiger charge is -2.08. The maximum Gasteiger partial charge on any atom is 0.154 e. The number of hydrogen-bond donors (Lipinski definition) is 2. The topological polar surface area (TPSA) is 40.5 Å². The normalized spacial score (nSPS) is 14.0. The van der Waals surface area contributed by atoms with Crippen molar-refractivity contribution in [1.29, 1.82) is 0 Å². The molecule has 0 aliphatic rings. The maximum absolute atomic E-state index is 8.46. The van der Waals surface area contributed by atoms with Gasteiger partial charge in [-0.05, 0) is 6.42 Å². The van der Waals surface area contributed by atoms with Crippen LogP contribution in [0.25, 0.3) is 0 Å². The van der Waals surface area contributed by atoms with Gasteiger partial charge in [0.15, 0.2) is 6.29 Å². The van der Waals surface area contributed by atoms with Gasteiger partial charge in [-0.3, -0.25) is 0 Å². The molecule has 1 atom stereocenters. The second-order valence-electron chi connectivity index (χ2n) is 1.92. The molecule has 0 aliphatic heterocycles. The SMILES string of the molecule is C=CCC(C)C(O)O. The highest BCUT2D eigenvalue weighted by Crippen LogP contribution is 2.04. The monoisotopic (exact) mass is 116 g/mol. The first-order chi connectivity index (χ1) is 3.68. The number of aliphatic hydroxyl groups excluding tert-OH is 1. The molecule has 0 aromatic carbocycles. The molecule has 0 fully saturated rings. The van der Waals surface area contributed by atoms with Crippen LogP contribution in [-0.2, 0) is 0 Å². The van der Waals surface area contributed by atoms with Crippen molar-refractivity contribution in [2.45, 2.75) is 19.6 Å². The smallest absolute Gasteiger partial charge is 0.154 e. The Labute approximate surface area is 49.5 Å². The number of aliphatic hydroxyl groups is 2. The van der Waals surface area contributed by atoms with E-state index in [2.05, 4.69) is 6.58 Å². The van der Waals surface area contributed by atoms with Crippen LogP contribution in [0.2, 0.25) is 0 Å². The Morgan fingerprint density at radius 2 is 2.12 bits per heavy atom. The van der Waals surface area contributed by atoms with Crippen LogP contribution in [0.4, 0.5) is 0 Å². The van der Waals surface area contributed by atoms with Gasteiger partial charge in [0.1, 0.15) is 0 Å². The lowest BCUT2D eigenvalue weighted by atomic mass is 10.1. The van der Waals surface area contributed by atoms with Crippen molar-refractivity contribution in [2.75, 3.05) is 0 Å². The van der Waals surface area contributed by atoms with Crippen LogP contribution in [0.3, 0.4) is 0 Å². The molecule has 8 heavy (non-hydrogen) atoms. The van der Waals surface area contributed by atoms with Crippen molar-refractivity contribution in [3.05, 3.63) is 12.7 Å². The first kappa shape index (κ1) is 7.66. The fraction of sp³-hybridized carbons (Fsp3) is 0.667. The highest BCUT2D eigenvalue weighted by molar-refractivity contribution is 4.70. The summed E-state index contributed by atoms with van der Waals surface area (Å²) in [7, 11) is 0. The summed E-state index contributed by atoms with van der Waals surface area (Å²) >= 11 is 0. The molecular formula is C6H12O2. The fourth-order valence-corrected chi connectivity index (χ4v) is 0.385. The molecule has 0 aliphatic carbocycles. The van der Waals surface area contributed by atoms with Crippen LogP contribution in [0.1, 0.15) is 13.3 Å². The second kappa shape index (κ2) is 3.64. The Bertz CT molecular complexity index is 68.9. The zero-order chi connectivity index (χ0) is 6.57. The Kier molecular flexibility index (Phi) is 3.48. The van der Waals surface area contributed by atoms with Crippen LogP contribution in [0.5, 0.6) is 0 Å². The average molecular weight is 116 g/mol. The van der Waals surface area contributed by atoms with Crippen LogP contribution in [0, 0.1) is 5.92 Å². The van der Waals surface area contributed by atoms with Crippen molar-refractivity contribution in [2.24, 2.45) is 5.92 Å². The summed E-state index contributed by atoms with van der Waals surface area (Å²) in [6.07, 6.45) is 1.12. The van der Waals surface area contributed by atoms with Gasteiger partial charge in [0.25, 0.3) is 0 Å². The lowest BCUT2D eigenvalue weighted by Crippen LogP contribution is -2.15. The molecule has 0 saturated carbocycles. The van der Waals surface area contributed by atoms with Gasteiger partial charge in [-0.1, -0.05) is 13.0 Å². The predicted octanol–water partition coefficient (Wildman–Crippen LogP) is 0.509. The third kappa shape index (κ3) is 2.77. The summed E-state index contributed by atoms with van der Waals surface area (Å²) in [4.78, 5) is 0. The van der Waals surface area contributed by atoms with Crippen molar-refractivity contribution in [1.82, 2.24) is 0 Å². The molecule has 0 amide bonds. The Morgan fingerprint density at radius 1 is 1.62 bits per heavy atom. The summed E-state index contributed by atoms with van der Waals surface area (Å²) in [6, 6.07) is 0. The van der Waals surface area contributed by atoms with E-state index in [0.29, 0.717) is 6.42 Å². The van der Waals surface area contributed by atoms with E-state index in [9.17, 15) is 0 Å². The fourth-order valence-electron chi connectivity index (χ4n) is 0.385. The summed E-state index contributed by atoms with van der Waals surface area (Å²) in [5.74, 6) is -0.0903. The largest absolute Gasteiger partial charge is 0.368 e. The molecule has 2 heteroatoms. The van der Waals surface area contributed by atoms with Gasteiger partial charge in [-0.15, -0.1) is 6.58 Å². The maximum atomic E-state index is 8.46. The van der Waals surface area contributed by atoms with E-state index >= 15 is 0 Å². The van der Waals surface area contributed by atoms with Crippen LogP contribution in [-0.4, -0.2) is 16.5 Å². The quantitative estimate of drug-likeness (QED) is 0.416. The van der Waals surface area contributed by atoms with Gasteiger partial charge in [0.05, 0.1) is 0 Å². The molecule has 0 heterocycles. The molecule has 2 N–H and O–H groups in total. The molecule has 1 unspecified atom stereocenters. The summed E-state index contributed by atoms with van der Waals surface area (Å²) in [6.45, 7) is 5.22. The third-order valence-corrected chi connectivity index (χ3v) is 1.05. The summed E-state index contributed by atoms with van der Waals surface area (Å²) < 4.78 is 0. The predicted molar refractivity (Wildman–Crippen MR) is 32.2 cm³/mol. The van der Waals surface area contributed by atoms with Gasteiger partial charge in [0.2, 0.25) is 0 Å². The van der Waals surface area contributed by atoms with Gasteiger partial charge >= 0.3 is 0 Å². The Balaban J connectivity index is 3.30. The Morgan fingerprint density at radius 3 is 2.25 bits per heavy atom. The van der Waals surface area contributed by atoms with E-state index in [-0.39, 0.29) is 5.92 Å². The average Bonchev–Trinajstić information content (AvgIpc) is 1.67. The molecule has 0 saturated heterocycles. The minimum atomic E-state index is -1.20. The molecule has 0 spiro atoms. The molecular weight excluding hydrogens is 104 g/mol. The van der Waals surface area contributed by atoms with Crippen molar-refractivity contribution < 1.29 is 10.2 Å². The van der Waals surface area contributed by atoms with Gasteiger partial charge in [-0.2, -0.15) is 0 Å². The van der Waals surface area contributed by atoms with Crippen molar-refractivity contribution in [3.8, 4) is 0 Å². The van der Waals surface area contributed by atoms with Gasteiger partial charge in [0, 0.05) is 5.92 Å². The van der Waals surface area contributed by atoms with E-state index in [4.69, 9.17) is 10.2 Å². The zero-order valence-electron chi connectivity index (χ0n) is 5.04. The third-order valence-electron chi connectivity index (χ3n) is 1.05. The van der Waals surface area contributed by atoms with E-state index in [0.717, 1.165) is 0 Å². The first-order valence-corrected chi connectivity index (χ1v) is 2.65. The lowest BCUT2D eigenvalue weighted by molar-refractivity contribution is -0.0773. The minimum Gasteiger partial charge on any atom is -0.368 e. The molecule has 0 aromatic heterocycles. The highest BCUT2D eigenvalue weighted by Gasteiger charge is 2.06. The van der Waals surface area contributed by atoms with E-state index < -0.39 is 6.29 Å². The zero-order valence-corrected chi connectivity index (χ0v) is 5.04.